The number of hydrogen-bond donors (Lipinski definition) is 1. The molecule has 1 unspecified atom stereocenters. The summed E-state index contributed by atoms with van der Waals surface area (Å²) in [6, 6.07) is 7.81. The molecule has 1 aliphatic heterocycles. The predicted molar refractivity (Wildman–Crippen MR) is 77.0 cm³/mol. The van der Waals surface area contributed by atoms with Crippen LogP contribution in [0.4, 0.5) is 0 Å². The molecule has 0 radical (unpaired) electrons. The summed E-state index contributed by atoms with van der Waals surface area (Å²) in [5, 5.41) is 0. The van der Waals surface area contributed by atoms with Crippen molar-refractivity contribution < 1.29 is 4.79 Å². The smallest absolute Gasteiger partial charge is 0.222 e. The highest BCUT2D eigenvalue weighted by atomic mass is 16.2. The van der Waals surface area contributed by atoms with Gasteiger partial charge in [-0.05, 0) is 24.6 Å². The number of nitrogens with zero attached hydrogens (tertiary/aromatic N) is 3. The second-order valence-electron chi connectivity index (χ2n) is 5.25. The van der Waals surface area contributed by atoms with E-state index >= 15 is 0 Å². The normalized spacial score (nSPS) is 18.9. The van der Waals surface area contributed by atoms with Gasteiger partial charge in [0.1, 0.15) is 0 Å². The topological polar surface area (TPSA) is 72.1 Å². The van der Waals surface area contributed by atoms with Gasteiger partial charge in [0.25, 0.3) is 0 Å². The third kappa shape index (κ3) is 2.63. The third-order valence-corrected chi connectivity index (χ3v) is 3.76. The maximum atomic E-state index is 11.8. The molecule has 0 aliphatic carbocycles. The Morgan fingerprint density at radius 3 is 2.85 bits per heavy atom. The highest BCUT2D eigenvalue weighted by molar-refractivity contribution is 5.78. The minimum Gasteiger partial charge on any atom is -0.342 e. The van der Waals surface area contributed by atoms with Crippen LogP contribution in [0.5, 0.6) is 0 Å². The summed E-state index contributed by atoms with van der Waals surface area (Å²) in [6.07, 6.45) is 3.12. The summed E-state index contributed by atoms with van der Waals surface area (Å²) < 4.78 is 0. The quantitative estimate of drug-likeness (QED) is 0.899. The number of benzene rings is 1. The molecule has 1 aromatic heterocycles. The van der Waals surface area contributed by atoms with Crippen LogP contribution in [-0.4, -0.2) is 40.4 Å². The molecular formula is C15H18N4O. The molecule has 1 fully saturated rings. The highest BCUT2D eigenvalue weighted by Crippen LogP contribution is 2.17. The van der Waals surface area contributed by atoms with E-state index in [1.165, 1.54) is 0 Å². The Balaban J connectivity index is 1.66. The van der Waals surface area contributed by atoms with Crippen molar-refractivity contribution >= 4 is 16.9 Å². The van der Waals surface area contributed by atoms with Crippen LogP contribution in [0.15, 0.2) is 30.5 Å². The van der Waals surface area contributed by atoms with Crippen molar-refractivity contribution in [1.29, 1.82) is 0 Å². The van der Waals surface area contributed by atoms with Crippen LogP contribution < -0.4 is 5.73 Å². The van der Waals surface area contributed by atoms with Gasteiger partial charge in [0.05, 0.1) is 16.7 Å². The van der Waals surface area contributed by atoms with Crippen LogP contribution in [0.1, 0.15) is 12.1 Å². The second-order valence-corrected chi connectivity index (χ2v) is 5.25. The van der Waals surface area contributed by atoms with Gasteiger partial charge in [0.15, 0.2) is 0 Å². The van der Waals surface area contributed by atoms with E-state index in [4.69, 9.17) is 5.73 Å². The van der Waals surface area contributed by atoms with Crippen molar-refractivity contribution in [2.24, 2.45) is 11.7 Å². The van der Waals surface area contributed by atoms with E-state index in [0.717, 1.165) is 29.7 Å². The Bertz CT molecular complexity index is 628. The zero-order valence-electron chi connectivity index (χ0n) is 11.3. The van der Waals surface area contributed by atoms with Crippen molar-refractivity contribution in [3.63, 3.8) is 0 Å². The van der Waals surface area contributed by atoms with Gasteiger partial charge in [-0.25, -0.2) is 4.98 Å². The molecule has 1 aromatic carbocycles. The first-order valence-electron chi connectivity index (χ1n) is 6.95. The molecule has 5 heteroatoms. The maximum absolute atomic E-state index is 11.8. The molecule has 1 atom stereocenters. The number of likely N-dealkylation sites (tertiary alicyclic amines) is 1. The highest BCUT2D eigenvalue weighted by Gasteiger charge is 2.27. The lowest BCUT2D eigenvalue weighted by molar-refractivity contribution is -0.127. The van der Waals surface area contributed by atoms with Crippen molar-refractivity contribution in [2.75, 3.05) is 19.6 Å². The minimum absolute atomic E-state index is 0.203. The summed E-state index contributed by atoms with van der Waals surface area (Å²) in [6.45, 7) is 2.05. The van der Waals surface area contributed by atoms with Gasteiger partial charge < -0.3 is 10.6 Å². The number of nitrogens with two attached hydrogens (primary N) is 1. The third-order valence-electron chi connectivity index (χ3n) is 3.76. The predicted octanol–water partition coefficient (Wildman–Crippen LogP) is 0.979. The Hall–Kier alpha value is -2.01. The van der Waals surface area contributed by atoms with Crippen LogP contribution in [0.25, 0.3) is 11.0 Å². The van der Waals surface area contributed by atoms with E-state index in [1.54, 1.807) is 6.20 Å². The lowest BCUT2D eigenvalue weighted by Crippen LogP contribution is -2.28. The largest absolute Gasteiger partial charge is 0.342 e. The van der Waals surface area contributed by atoms with E-state index in [0.29, 0.717) is 25.4 Å². The van der Waals surface area contributed by atoms with E-state index < -0.39 is 0 Å². The average molecular weight is 270 g/mol. The van der Waals surface area contributed by atoms with Crippen molar-refractivity contribution in [1.82, 2.24) is 14.9 Å². The SMILES string of the molecule is NCC1CC(=O)N(CCc2cnc3ccccc3n2)C1. The molecular weight excluding hydrogens is 252 g/mol. The Kier molecular flexibility index (Phi) is 3.60. The molecule has 20 heavy (non-hydrogen) atoms. The summed E-state index contributed by atoms with van der Waals surface area (Å²) >= 11 is 0. The molecule has 2 heterocycles. The van der Waals surface area contributed by atoms with Gasteiger partial charge in [-0.2, -0.15) is 0 Å². The number of carbonyl (C=O) groups is 1. The average Bonchev–Trinajstić information content (AvgIpc) is 2.85. The van der Waals surface area contributed by atoms with Crippen LogP contribution in [0.3, 0.4) is 0 Å². The van der Waals surface area contributed by atoms with Gasteiger partial charge in [-0.1, -0.05) is 12.1 Å². The molecule has 5 nitrogen and oxygen atoms in total. The zero-order chi connectivity index (χ0) is 13.9. The number of rotatable bonds is 4. The molecule has 0 saturated carbocycles. The maximum Gasteiger partial charge on any atom is 0.222 e. The standard InChI is InChI=1S/C15H18N4O/c16-8-11-7-15(20)19(10-11)6-5-12-9-17-13-3-1-2-4-14(13)18-12/h1-4,9,11H,5-8,10,16H2. The fourth-order valence-corrected chi connectivity index (χ4v) is 2.59. The van der Waals surface area contributed by atoms with Crippen molar-refractivity contribution in [2.45, 2.75) is 12.8 Å². The van der Waals surface area contributed by atoms with Crippen molar-refractivity contribution in [3.05, 3.63) is 36.2 Å². The number of fused-ring (bicyclic) bond motifs is 1. The summed E-state index contributed by atoms with van der Waals surface area (Å²) in [4.78, 5) is 22.7. The van der Waals surface area contributed by atoms with E-state index in [2.05, 4.69) is 9.97 Å². The van der Waals surface area contributed by atoms with Gasteiger partial charge in [-0.3, -0.25) is 9.78 Å². The fraction of sp³-hybridized carbons (Fsp3) is 0.400. The number of carbonyl (C=O) groups excluding carboxylic acids is 1. The van der Waals surface area contributed by atoms with Crippen LogP contribution in [-0.2, 0) is 11.2 Å². The Labute approximate surface area is 117 Å². The molecule has 3 rings (SSSR count). The van der Waals surface area contributed by atoms with E-state index in [9.17, 15) is 4.79 Å². The molecule has 1 aliphatic rings. The first-order valence-corrected chi connectivity index (χ1v) is 6.95. The fourth-order valence-electron chi connectivity index (χ4n) is 2.59. The first kappa shape index (κ1) is 13.0. The van der Waals surface area contributed by atoms with Crippen LogP contribution in [0.2, 0.25) is 0 Å². The molecule has 0 bridgehead atoms. The van der Waals surface area contributed by atoms with Gasteiger partial charge >= 0.3 is 0 Å². The molecule has 104 valence electrons. The minimum atomic E-state index is 0.203. The lowest BCUT2D eigenvalue weighted by Gasteiger charge is -2.15. The second kappa shape index (κ2) is 5.54. The summed E-state index contributed by atoms with van der Waals surface area (Å²) in [5.41, 5.74) is 8.35. The van der Waals surface area contributed by atoms with Crippen molar-refractivity contribution in [3.8, 4) is 0 Å². The molecule has 1 amide bonds. The molecule has 2 N–H and O–H groups in total. The molecule has 1 saturated heterocycles. The first-order chi connectivity index (χ1) is 9.76. The van der Waals surface area contributed by atoms with E-state index in [-0.39, 0.29) is 5.91 Å². The van der Waals surface area contributed by atoms with Gasteiger partial charge in [-0.15, -0.1) is 0 Å². The summed E-state index contributed by atoms with van der Waals surface area (Å²) in [5.74, 6) is 0.513. The molecule has 0 spiro atoms. The number of hydrogen-bond acceptors (Lipinski definition) is 4. The number of para-hydroxylation sites is 2. The number of aromatic nitrogens is 2. The Morgan fingerprint density at radius 2 is 2.10 bits per heavy atom. The lowest BCUT2D eigenvalue weighted by atomic mass is 10.1. The van der Waals surface area contributed by atoms with Crippen LogP contribution >= 0.6 is 0 Å². The van der Waals surface area contributed by atoms with E-state index in [1.807, 2.05) is 29.2 Å². The Morgan fingerprint density at radius 1 is 1.30 bits per heavy atom. The monoisotopic (exact) mass is 270 g/mol. The van der Waals surface area contributed by atoms with Gasteiger partial charge in [0.2, 0.25) is 5.91 Å². The van der Waals surface area contributed by atoms with Crippen LogP contribution in [0, 0.1) is 5.92 Å². The zero-order valence-corrected chi connectivity index (χ0v) is 11.3. The summed E-state index contributed by atoms with van der Waals surface area (Å²) in [7, 11) is 0. The molecule has 2 aromatic rings. The van der Waals surface area contributed by atoms with Gasteiger partial charge in [0, 0.05) is 32.1 Å². The number of amides is 1.